The van der Waals surface area contributed by atoms with E-state index in [0.717, 1.165) is 5.57 Å². The number of hydrogen-bond acceptors (Lipinski definition) is 2. The summed E-state index contributed by atoms with van der Waals surface area (Å²) in [5.41, 5.74) is 5.95. The van der Waals surface area contributed by atoms with Crippen LogP contribution >= 0.6 is 0 Å². The molecule has 3 nitrogen and oxygen atoms in total. The van der Waals surface area contributed by atoms with Gasteiger partial charge in [-0.2, -0.15) is 0 Å². The molecular formula is C6H12N2O. The second kappa shape index (κ2) is 3.12. The van der Waals surface area contributed by atoms with Crippen LogP contribution in [0.25, 0.3) is 0 Å². The first-order chi connectivity index (χ1) is 4.04. The molecule has 0 fully saturated rings. The molecule has 0 aromatic rings. The number of aliphatic hydroxyl groups is 1. The summed E-state index contributed by atoms with van der Waals surface area (Å²) in [6.45, 7) is 5.16. The Labute approximate surface area is 54.9 Å². The maximum atomic E-state index is 8.91. The van der Waals surface area contributed by atoms with Crippen LogP contribution in [0.3, 0.4) is 0 Å². The van der Waals surface area contributed by atoms with E-state index < -0.39 is 0 Å². The molecule has 0 aromatic heterocycles. The quantitative estimate of drug-likeness (QED) is 0.316. The Bertz CT molecular complexity index is 150. The molecule has 3 heteroatoms. The lowest BCUT2D eigenvalue weighted by molar-refractivity contribution is 0.399. The first-order valence-electron chi connectivity index (χ1n) is 2.71. The summed E-state index contributed by atoms with van der Waals surface area (Å²) in [5.74, 6) is 0.378. The minimum atomic E-state index is 0.00926. The fourth-order valence-corrected chi connectivity index (χ4v) is 0.279. The van der Waals surface area contributed by atoms with Gasteiger partial charge in [0.25, 0.3) is 0 Å². The monoisotopic (exact) mass is 128 g/mol. The zero-order valence-electron chi connectivity index (χ0n) is 5.97. The average molecular weight is 128 g/mol. The van der Waals surface area contributed by atoms with Crippen LogP contribution in [0.1, 0.15) is 20.8 Å². The highest BCUT2D eigenvalue weighted by Crippen LogP contribution is 1.98. The normalized spacial score (nSPS) is 11.2. The number of allylic oxidation sites excluding steroid dienone is 1. The van der Waals surface area contributed by atoms with E-state index in [-0.39, 0.29) is 5.88 Å². The lowest BCUT2D eigenvalue weighted by Crippen LogP contribution is -2.05. The zero-order valence-corrected chi connectivity index (χ0v) is 5.97. The molecule has 3 N–H and O–H groups in total. The molecule has 0 amide bonds. The van der Waals surface area contributed by atoms with E-state index in [2.05, 4.69) is 4.99 Å². The van der Waals surface area contributed by atoms with Crippen molar-refractivity contribution >= 4 is 5.84 Å². The third kappa shape index (κ3) is 3.58. The Morgan fingerprint density at radius 3 is 1.89 bits per heavy atom. The zero-order chi connectivity index (χ0) is 7.44. The topological polar surface area (TPSA) is 58.6 Å². The van der Waals surface area contributed by atoms with Gasteiger partial charge in [-0.1, -0.05) is 0 Å². The van der Waals surface area contributed by atoms with Gasteiger partial charge in [0.2, 0.25) is 5.88 Å². The number of rotatable bonds is 1. The summed E-state index contributed by atoms with van der Waals surface area (Å²) in [4.78, 5) is 3.61. The van der Waals surface area contributed by atoms with Gasteiger partial charge in [0.1, 0.15) is 0 Å². The van der Waals surface area contributed by atoms with Gasteiger partial charge in [-0.05, 0) is 26.3 Å². The molecule has 52 valence electrons. The first kappa shape index (κ1) is 8.01. The number of nitrogens with two attached hydrogens (primary N) is 1. The van der Waals surface area contributed by atoms with E-state index in [1.54, 1.807) is 20.8 Å². The van der Waals surface area contributed by atoms with E-state index in [4.69, 9.17) is 10.8 Å². The number of hydrogen-bond donors (Lipinski definition) is 2. The van der Waals surface area contributed by atoms with Crippen molar-refractivity contribution in [2.45, 2.75) is 20.8 Å². The molecule has 0 saturated carbocycles. The van der Waals surface area contributed by atoms with Crippen LogP contribution in [-0.4, -0.2) is 10.9 Å². The van der Waals surface area contributed by atoms with E-state index in [1.807, 2.05) is 0 Å². The molecule has 0 heterocycles. The first-order valence-corrected chi connectivity index (χ1v) is 2.71. The molecule has 9 heavy (non-hydrogen) atoms. The lowest BCUT2D eigenvalue weighted by Gasteiger charge is -1.93. The van der Waals surface area contributed by atoms with Crippen molar-refractivity contribution in [2.24, 2.45) is 10.7 Å². The van der Waals surface area contributed by atoms with E-state index in [9.17, 15) is 0 Å². The Balaban J connectivity index is 4.25. The molecule has 0 spiro atoms. The number of aliphatic imine (C=N–C) groups is 1. The highest BCUT2D eigenvalue weighted by atomic mass is 16.3. The minimum Gasteiger partial charge on any atom is -0.493 e. The van der Waals surface area contributed by atoms with Crippen LogP contribution in [0.15, 0.2) is 16.4 Å². The van der Waals surface area contributed by atoms with Crippen molar-refractivity contribution in [3.8, 4) is 0 Å². The Kier molecular flexibility index (Phi) is 2.78. The standard InChI is InChI=1S/C6H12N2O/c1-4(2)6(9)8-5(3)7/h9H,1-3H3,(H2,7,8). The number of nitrogens with zero attached hydrogens (tertiary/aromatic N) is 1. The molecule has 0 aliphatic rings. The summed E-state index contributed by atoms with van der Waals surface area (Å²) in [6.07, 6.45) is 0. The minimum absolute atomic E-state index is 0.00926. The van der Waals surface area contributed by atoms with E-state index >= 15 is 0 Å². The highest BCUT2D eigenvalue weighted by Gasteiger charge is 1.89. The fourth-order valence-electron chi connectivity index (χ4n) is 0.279. The molecule has 0 rings (SSSR count). The predicted molar refractivity (Wildman–Crippen MR) is 38.3 cm³/mol. The van der Waals surface area contributed by atoms with Crippen molar-refractivity contribution in [3.05, 3.63) is 11.5 Å². The van der Waals surface area contributed by atoms with Gasteiger partial charge in [-0.3, -0.25) is 0 Å². The smallest absolute Gasteiger partial charge is 0.210 e. The van der Waals surface area contributed by atoms with Crippen molar-refractivity contribution in [3.63, 3.8) is 0 Å². The summed E-state index contributed by atoms with van der Waals surface area (Å²) in [5, 5.41) is 8.91. The Morgan fingerprint density at radius 1 is 1.33 bits per heavy atom. The van der Waals surface area contributed by atoms with Gasteiger partial charge in [0, 0.05) is 0 Å². The highest BCUT2D eigenvalue weighted by molar-refractivity contribution is 5.78. The molecule has 0 atom stereocenters. The van der Waals surface area contributed by atoms with Crippen LogP contribution < -0.4 is 5.73 Å². The molecule has 0 aliphatic heterocycles. The van der Waals surface area contributed by atoms with Crippen molar-refractivity contribution in [1.82, 2.24) is 0 Å². The molecule has 0 bridgehead atoms. The van der Waals surface area contributed by atoms with Crippen molar-refractivity contribution in [2.75, 3.05) is 0 Å². The largest absolute Gasteiger partial charge is 0.493 e. The lowest BCUT2D eigenvalue weighted by atomic mass is 10.4. The van der Waals surface area contributed by atoms with Crippen LogP contribution in [0.2, 0.25) is 0 Å². The molecule has 0 saturated heterocycles. The van der Waals surface area contributed by atoms with Crippen molar-refractivity contribution in [1.29, 1.82) is 0 Å². The average Bonchev–Trinajstić information content (AvgIpc) is 1.63. The van der Waals surface area contributed by atoms with Gasteiger partial charge in [-0.25, -0.2) is 4.99 Å². The van der Waals surface area contributed by atoms with E-state index in [0.29, 0.717) is 5.84 Å². The van der Waals surface area contributed by atoms with Gasteiger partial charge in [-0.15, -0.1) is 0 Å². The molecule has 0 unspecified atom stereocenters. The molecule has 0 aromatic carbocycles. The maximum absolute atomic E-state index is 8.91. The van der Waals surface area contributed by atoms with Crippen LogP contribution in [0.4, 0.5) is 0 Å². The second-order valence-electron chi connectivity index (χ2n) is 2.08. The third-order valence-corrected chi connectivity index (χ3v) is 0.729. The van der Waals surface area contributed by atoms with Crippen LogP contribution in [0.5, 0.6) is 0 Å². The van der Waals surface area contributed by atoms with Crippen LogP contribution in [0, 0.1) is 0 Å². The van der Waals surface area contributed by atoms with Gasteiger partial charge < -0.3 is 10.8 Å². The SMILES string of the molecule is CC(N)=NC(O)=C(C)C. The molecule has 0 radical (unpaired) electrons. The summed E-state index contributed by atoms with van der Waals surface area (Å²) >= 11 is 0. The van der Waals surface area contributed by atoms with Gasteiger partial charge in [0.05, 0.1) is 5.84 Å². The molecular weight excluding hydrogens is 116 g/mol. The Morgan fingerprint density at radius 2 is 1.78 bits per heavy atom. The number of amidine groups is 1. The summed E-state index contributed by atoms with van der Waals surface area (Å²) in [7, 11) is 0. The van der Waals surface area contributed by atoms with Crippen LogP contribution in [-0.2, 0) is 0 Å². The fraction of sp³-hybridized carbons (Fsp3) is 0.500. The van der Waals surface area contributed by atoms with Gasteiger partial charge >= 0.3 is 0 Å². The second-order valence-corrected chi connectivity index (χ2v) is 2.08. The summed E-state index contributed by atoms with van der Waals surface area (Å²) in [6, 6.07) is 0. The van der Waals surface area contributed by atoms with E-state index in [1.165, 1.54) is 0 Å². The van der Waals surface area contributed by atoms with Gasteiger partial charge in [0.15, 0.2) is 0 Å². The van der Waals surface area contributed by atoms with Crippen molar-refractivity contribution < 1.29 is 5.11 Å². The third-order valence-electron chi connectivity index (χ3n) is 0.729. The number of aliphatic hydroxyl groups excluding tert-OH is 1. The predicted octanol–water partition coefficient (Wildman–Crippen LogP) is 1.17. The summed E-state index contributed by atoms with van der Waals surface area (Å²) < 4.78 is 0. The molecule has 0 aliphatic carbocycles. The Hall–Kier alpha value is -0.990. The maximum Gasteiger partial charge on any atom is 0.210 e.